The third-order valence-corrected chi connectivity index (χ3v) is 7.73. The highest BCUT2D eigenvalue weighted by Crippen LogP contribution is 2.28. The number of hydrogen-bond donors (Lipinski definition) is 3. The van der Waals surface area contributed by atoms with Gasteiger partial charge < -0.3 is 10.6 Å². The Morgan fingerprint density at radius 3 is 2.58 bits per heavy atom. The third kappa shape index (κ3) is 7.58. The fraction of sp³-hybridized carbons (Fsp3) is 0.400. The zero-order valence-electron chi connectivity index (χ0n) is 21.1. The molecule has 6 heteroatoms. The van der Waals surface area contributed by atoms with Gasteiger partial charge in [0, 0.05) is 18.0 Å². The summed E-state index contributed by atoms with van der Waals surface area (Å²) in [5.74, 6) is 0.0962. The van der Waals surface area contributed by atoms with Crippen LogP contribution in [0, 0.1) is 12.8 Å². The Morgan fingerprint density at radius 1 is 1.00 bits per heavy atom. The molecule has 1 heterocycles. The molecule has 0 bridgehead atoms. The third-order valence-electron chi connectivity index (χ3n) is 6.92. The van der Waals surface area contributed by atoms with Crippen LogP contribution in [0.15, 0.2) is 71.6 Å². The lowest BCUT2D eigenvalue weighted by atomic mass is 9.91. The van der Waals surface area contributed by atoms with Crippen LogP contribution < -0.4 is 15.4 Å². The first kappa shape index (κ1) is 26.2. The number of aryl methyl sites for hydroxylation is 1. The Kier molecular flexibility index (Phi) is 9.82. The summed E-state index contributed by atoms with van der Waals surface area (Å²) in [5, 5.41) is 8.73. The molecule has 1 aliphatic heterocycles. The minimum atomic E-state index is -0.213. The lowest BCUT2D eigenvalue weighted by Gasteiger charge is -2.22. The average molecular weight is 504 g/mol. The summed E-state index contributed by atoms with van der Waals surface area (Å²) in [6, 6.07) is 22.8. The molecule has 2 unspecified atom stereocenters. The van der Waals surface area contributed by atoms with Gasteiger partial charge in [0.2, 0.25) is 11.8 Å². The van der Waals surface area contributed by atoms with Gasteiger partial charge in [-0.2, -0.15) is 0 Å². The van der Waals surface area contributed by atoms with E-state index in [9.17, 15) is 9.59 Å². The molecule has 190 valence electrons. The monoisotopic (exact) mass is 503 g/mol. The number of carbonyl (C=O) groups excluding carboxylic acids is 2. The van der Waals surface area contributed by atoms with Crippen molar-refractivity contribution in [3.63, 3.8) is 0 Å². The zero-order valence-corrected chi connectivity index (χ0v) is 21.9. The van der Waals surface area contributed by atoms with Crippen molar-refractivity contribution in [1.82, 2.24) is 15.4 Å². The van der Waals surface area contributed by atoms with E-state index in [1.165, 1.54) is 22.9 Å². The van der Waals surface area contributed by atoms with Gasteiger partial charge in [-0.1, -0.05) is 73.0 Å². The van der Waals surface area contributed by atoms with Crippen molar-refractivity contribution < 1.29 is 9.59 Å². The zero-order chi connectivity index (χ0) is 25.2. The molecule has 4 rings (SSSR count). The molecule has 0 saturated carbocycles. The number of rotatable bonds is 11. The number of piperidine rings is 1. The second-order valence-corrected chi connectivity index (χ2v) is 10.6. The fourth-order valence-electron chi connectivity index (χ4n) is 4.74. The summed E-state index contributed by atoms with van der Waals surface area (Å²) >= 11 is 1.38. The van der Waals surface area contributed by atoms with E-state index >= 15 is 0 Å². The Morgan fingerprint density at radius 2 is 1.81 bits per heavy atom. The van der Waals surface area contributed by atoms with Crippen molar-refractivity contribution in [2.75, 3.05) is 19.6 Å². The van der Waals surface area contributed by atoms with E-state index < -0.39 is 0 Å². The molecule has 0 radical (unpaired) electrons. The first-order valence-corrected chi connectivity index (χ1v) is 13.9. The van der Waals surface area contributed by atoms with E-state index in [1.54, 1.807) is 0 Å². The van der Waals surface area contributed by atoms with E-state index in [0.29, 0.717) is 6.54 Å². The van der Waals surface area contributed by atoms with Gasteiger partial charge in [-0.3, -0.25) is 14.3 Å². The Bertz CT molecular complexity index is 1140. The summed E-state index contributed by atoms with van der Waals surface area (Å²) < 4.78 is 3.08. The Balaban J connectivity index is 1.31. The lowest BCUT2D eigenvalue weighted by Crippen LogP contribution is -2.40. The number of amides is 2. The maximum absolute atomic E-state index is 13.3. The fourth-order valence-corrected chi connectivity index (χ4v) is 5.37. The standard InChI is InChI=1S/C30H37N3O2S/c1-22-12-16-27(17-13-22)36-33-30(35)28(25-15-14-23-8-4-5-9-24(23)20-25)11-3-2-6-19-32-29(34)26-10-7-18-31-21-26/h4-5,8-9,12-17,20,26,28,31H,2-3,6-7,10-11,18-19,21H2,1H3,(H,32,34)(H,33,35). The largest absolute Gasteiger partial charge is 0.356 e. The number of hydrogen-bond acceptors (Lipinski definition) is 4. The van der Waals surface area contributed by atoms with Crippen LogP contribution in [0.3, 0.4) is 0 Å². The first-order chi connectivity index (χ1) is 17.6. The second kappa shape index (κ2) is 13.5. The van der Waals surface area contributed by atoms with Crippen molar-refractivity contribution in [3.05, 3.63) is 77.9 Å². The van der Waals surface area contributed by atoms with Gasteiger partial charge in [-0.25, -0.2) is 0 Å². The minimum Gasteiger partial charge on any atom is -0.356 e. The molecule has 2 amide bonds. The Hall–Kier alpha value is -2.83. The summed E-state index contributed by atoms with van der Waals surface area (Å²) in [6.45, 7) is 4.56. The van der Waals surface area contributed by atoms with E-state index in [2.05, 4.69) is 64.7 Å². The van der Waals surface area contributed by atoms with Gasteiger partial charge in [0.1, 0.15) is 0 Å². The number of benzene rings is 3. The summed E-state index contributed by atoms with van der Waals surface area (Å²) in [5.41, 5.74) is 2.25. The summed E-state index contributed by atoms with van der Waals surface area (Å²) in [4.78, 5) is 26.7. The van der Waals surface area contributed by atoms with Gasteiger partial charge in [0.05, 0.1) is 11.8 Å². The molecule has 0 aliphatic carbocycles. The predicted molar refractivity (Wildman–Crippen MR) is 149 cm³/mol. The van der Waals surface area contributed by atoms with Gasteiger partial charge in [-0.15, -0.1) is 0 Å². The van der Waals surface area contributed by atoms with Crippen molar-refractivity contribution in [2.45, 2.75) is 56.3 Å². The van der Waals surface area contributed by atoms with Gasteiger partial charge >= 0.3 is 0 Å². The van der Waals surface area contributed by atoms with Crippen LogP contribution >= 0.6 is 11.9 Å². The van der Waals surface area contributed by atoms with Crippen molar-refractivity contribution in [2.24, 2.45) is 5.92 Å². The molecule has 3 N–H and O–H groups in total. The van der Waals surface area contributed by atoms with E-state index in [4.69, 9.17) is 0 Å². The molecule has 1 fully saturated rings. The van der Waals surface area contributed by atoms with E-state index in [1.807, 2.05) is 24.3 Å². The molecule has 36 heavy (non-hydrogen) atoms. The van der Waals surface area contributed by atoms with Crippen LogP contribution in [-0.2, 0) is 9.59 Å². The van der Waals surface area contributed by atoms with Crippen LogP contribution in [0.1, 0.15) is 55.6 Å². The number of nitrogens with one attached hydrogen (secondary N) is 3. The molecule has 0 spiro atoms. The topological polar surface area (TPSA) is 70.2 Å². The van der Waals surface area contributed by atoms with Crippen molar-refractivity contribution >= 4 is 34.5 Å². The minimum absolute atomic E-state index is 0.0361. The van der Waals surface area contributed by atoms with Crippen molar-refractivity contribution in [3.8, 4) is 0 Å². The Labute approximate surface area is 219 Å². The summed E-state index contributed by atoms with van der Waals surface area (Å²) in [7, 11) is 0. The normalized spacial score (nSPS) is 16.4. The second-order valence-electron chi connectivity index (χ2n) is 9.72. The summed E-state index contributed by atoms with van der Waals surface area (Å²) in [6.07, 6.45) is 5.66. The highest BCUT2D eigenvalue weighted by Gasteiger charge is 2.22. The molecule has 0 aromatic heterocycles. The highest BCUT2D eigenvalue weighted by atomic mass is 32.2. The number of fused-ring (bicyclic) bond motifs is 1. The molecule has 1 saturated heterocycles. The van der Waals surface area contributed by atoms with Crippen LogP contribution in [0.4, 0.5) is 0 Å². The first-order valence-electron chi connectivity index (χ1n) is 13.1. The smallest absolute Gasteiger partial charge is 0.237 e. The predicted octanol–water partition coefficient (Wildman–Crippen LogP) is 5.73. The number of carbonyl (C=O) groups is 2. The van der Waals surface area contributed by atoms with Crippen LogP contribution in [0.5, 0.6) is 0 Å². The molecular formula is C30H37N3O2S. The van der Waals surface area contributed by atoms with Gasteiger partial charge in [-0.05, 0) is 79.6 Å². The molecule has 3 aromatic carbocycles. The molecule has 1 aliphatic rings. The van der Waals surface area contributed by atoms with Crippen LogP contribution in [0.25, 0.3) is 10.8 Å². The maximum atomic E-state index is 13.3. The van der Waals surface area contributed by atoms with E-state index in [-0.39, 0.29) is 23.7 Å². The quantitative estimate of drug-likeness (QED) is 0.231. The van der Waals surface area contributed by atoms with Gasteiger partial charge in [0.15, 0.2) is 0 Å². The van der Waals surface area contributed by atoms with Crippen molar-refractivity contribution in [1.29, 1.82) is 0 Å². The lowest BCUT2D eigenvalue weighted by molar-refractivity contribution is -0.125. The van der Waals surface area contributed by atoms with Gasteiger partial charge in [0.25, 0.3) is 0 Å². The molecular weight excluding hydrogens is 466 g/mol. The SMILES string of the molecule is Cc1ccc(SNC(=O)C(CCCCCNC(=O)C2CCCNC2)c2ccc3ccccc3c2)cc1. The maximum Gasteiger partial charge on any atom is 0.237 e. The highest BCUT2D eigenvalue weighted by molar-refractivity contribution is 7.98. The van der Waals surface area contributed by atoms with E-state index in [0.717, 1.165) is 67.5 Å². The number of unbranched alkanes of at least 4 members (excludes halogenated alkanes) is 2. The molecule has 2 atom stereocenters. The molecule has 5 nitrogen and oxygen atoms in total. The molecule has 3 aromatic rings. The van der Waals surface area contributed by atoms with Crippen LogP contribution in [0.2, 0.25) is 0 Å². The average Bonchev–Trinajstić information content (AvgIpc) is 2.92. The van der Waals surface area contributed by atoms with Crippen LogP contribution in [-0.4, -0.2) is 31.4 Å².